The van der Waals surface area contributed by atoms with E-state index in [9.17, 15) is 8.42 Å². The van der Waals surface area contributed by atoms with Gasteiger partial charge in [-0.3, -0.25) is 0 Å². The van der Waals surface area contributed by atoms with E-state index in [1.807, 2.05) is 25.1 Å². The van der Waals surface area contributed by atoms with Gasteiger partial charge in [0.2, 0.25) is 10.0 Å². The first-order valence-electron chi connectivity index (χ1n) is 5.83. The molecule has 0 bridgehead atoms. The second-order valence-electron chi connectivity index (χ2n) is 3.98. The van der Waals surface area contributed by atoms with E-state index in [0.29, 0.717) is 13.1 Å². The van der Waals surface area contributed by atoms with Crippen molar-refractivity contribution in [3.05, 3.63) is 35.4 Å². The van der Waals surface area contributed by atoms with Crippen molar-refractivity contribution in [3.63, 3.8) is 0 Å². The highest BCUT2D eigenvalue weighted by Gasteiger charge is 2.12. The minimum atomic E-state index is -3.25. The van der Waals surface area contributed by atoms with Crippen LogP contribution in [-0.2, 0) is 22.3 Å². The summed E-state index contributed by atoms with van der Waals surface area (Å²) in [6, 6.07) is 7.36. The van der Waals surface area contributed by atoms with Crippen molar-refractivity contribution in [3.8, 4) is 0 Å². The highest BCUT2D eigenvalue weighted by Crippen LogP contribution is 2.11. The Kier molecular flexibility index (Phi) is 5.61. The number of hydrogen-bond acceptors (Lipinski definition) is 3. The molecule has 96 valence electrons. The third kappa shape index (κ3) is 4.85. The van der Waals surface area contributed by atoms with Crippen LogP contribution in [0, 0.1) is 0 Å². The lowest BCUT2D eigenvalue weighted by Crippen LogP contribution is -2.26. The maximum atomic E-state index is 11.8. The van der Waals surface area contributed by atoms with Crippen molar-refractivity contribution in [2.75, 3.05) is 6.54 Å². The average molecular weight is 256 g/mol. The molecule has 0 atom stereocenters. The molecule has 0 radical (unpaired) electrons. The van der Waals surface area contributed by atoms with Gasteiger partial charge in [0, 0.05) is 13.1 Å². The molecule has 0 aromatic heterocycles. The number of sulfonamides is 1. The fourth-order valence-electron chi connectivity index (χ4n) is 1.56. The van der Waals surface area contributed by atoms with E-state index in [-0.39, 0.29) is 5.75 Å². The van der Waals surface area contributed by atoms with E-state index in [2.05, 4.69) is 4.72 Å². The predicted molar refractivity (Wildman–Crippen MR) is 69.9 cm³/mol. The summed E-state index contributed by atoms with van der Waals surface area (Å²) in [6.07, 6.45) is 1.83. The first-order valence-corrected chi connectivity index (χ1v) is 7.48. The van der Waals surface area contributed by atoms with Gasteiger partial charge in [0.05, 0.1) is 5.75 Å². The fourth-order valence-corrected chi connectivity index (χ4v) is 2.81. The fraction of sp³-hybridized carbons (Fsp3) is 0.500. The molecule has 1 aromatic rings. The van der Waals surface area contributed by atoms with Crippen molar-refractivity contribution in [2.24, 2.45) is 5.73 Å². The third-order valence-corrected chi connectivity index (χ3v) is 3.87. The van der Waals surface area contributed by atoms with Crippen molar-refractivity contribution >= 4 is 10.0 Å². The lowest BCUT2D eigenvalue weighted by molar-refractivity contribution is 0.577. The highest BCUT2D eigenvalue weighted by molar-refractivity contribution is 7.88. The molecule has 17 heavy (non-hydrogen) atoms. The summed E-state index contributed by atoms with van der Waals surface area (Å²) in [5, 5.41) is 0. The molecule has 3 N–H and O–H groups in total. The maximum absolute atomic E-state index is 11.8. The van der Waals surface area contributed by atoms with Gasteiger partial charge in [0.1, 0.15) is 0 Å². The van der Waals surface area contributed by atoms with Crippen LogP contribution in [0.15, 0.2) is 24.3 Å². The molecule has 0 unspecified atom stereocenters. The summed E-state index contributed by atoms with van der Waals surface area (Å²) in [7, 11) is -3.25. The molecular weight excluding hydrogens is 236 g/mol. The number of hydrogen-bond donors (Lipinski definition) is 2. The zero-order valence-corrected chi connectivity index (χ0v) is 11.0. The van der Waals surface area contributed by atoms with Crippen LogP contribution in [0.2, 0.25) is 0 Å². The Balaban J connectivity index is 2.69. The second kappa shape index (κ2) is 6.74. The number of nitrogens with one attached hydrogen (secondary N) is 1. The maximum Gasteiger partial charge on any atom is 0.215 e. The average Bonchev–Trinajstić information content (AvgIpc) is 2.29. The van der Waals surface area contributed by atoms with Gasteiger partial charge in [-0.05, 0) is 17.5 Å². The Morgan fingerprint density at radius 1 is 1.24 bits per heavy atom. The number of unbranched alkanes of at least 4 members (excludes halogenated alkanes) is 1. The van der Waals surface area contributed by atoms with E-state index >= 15 is 0 Å². The van der Waals surface area contributed by atoms with Crippen LogP contribution in [0.3, 0.4) is 0 Å². The standard InChI is InChI=1S/C12H20N2O2S/c1-2-3-8-14-17(15,16)10-12-7-5-4-6-11(12)9-13/h4-7,14H,2-3,8-10,13H2,1H3. The largest absolute Gasteiger partial charge is 0.326 e. The summed E-state index contributed by atoms with van der Waals surface area (Å²) in [6.45, 7) is 2.89. The van der Waals surface area contributed by atoms with Gasteiger partial charge >= 0.3 is 0 Å². The van der Waals surface area contributed by atoms with Crippen molar-refractivity contribution < 1.29 is 8.42 Å². The first-order chi connectivity index (χ1) is 8.09. The smallest absolute Gasteiger partial charge is 0.215 e. The molecule has 0 aliphatic heterocycles. The Morgan fingerprint density at radius 3 is 2.47 bits per heavy atom. The Labute approximate surface area is 103 Å². The number of rotatable bonds is 7. The van der Waals surface area contributed by atoms with Crippen LogP contribution in [0.5, 0.6) is 0 Å². The SMILES string of the molecule is CCCCNS(=O)(=O)Cc1ccccc1CN. The minimum absolute atomic E-state index is 0.00406. The van der Waals surface area contributed by atoms with E-state index in [4.69, 9.17) is 5.73 Å². The Bertz CT molecular complexity index is 444. The van der Waals surface area contributed by atoms with Gasteiger partial charge in [-0.15, -0.1) is 0 Å². The van der Waals surface area contributed by atoms with E-state index in [0.717, 1.165) is 24.0 Å². The second-order valence-corrected chi connectivity index (χ2v) is 5.79. The van der Waals surface area contributed by atoms with Crippen LogP contribution >= 0.6 is 0 Å². The van der Waals surface area contributed by atoms with Crippen molar-refractivity contribution in [1.82, 2.24) is 4.72 Å². The van der Waals surface area contributed by atoms with Crippen LogP contribution < -0.4 is 10.5 Å². The Morgan fingerprint density at radius 2 is 1.88 bits per heavy atom. The summed E-state index contributed by atoms with van der Waals surface area (Å²) in [5.41, 5.74) is 7.24. The lowest BCUT2D eigenvalue weighted by Gasteiger charge is -2.09. The van der Waals surface area contributed by atoms with E-state index in [1.165, 1.54) is 0 Å². The molecule has 0 spiro atoms. The first kappa shape index (κ1) is 14.2. The van der Waals surface area contributed by atoms with Crippen LogP contribution in [0.4, 0.5) is 0 Å². The van der Waals surface area contributed by atoms with Crippen LogP contribution in [0.25, 0.3) is 0 Å². The van der Waals surface area contributed by atoms with E-state index < -0.39 is 10.0 Å². The van der Waals surface area contributed by atoms with Gasteiger partial charge in [0.15, 0.2) is 0 Å². The summed E-state index contributed by atoms with van der Waals surface area (Å²) in [4.78, 5) is 0. The van der Waals surface area contributed by atoms with Crippen molar-refractivity contribution in [1.29, 1.82) is 0 Å². The topological polar surface area (TPSA) is 72.2 Å². The molecule has 5 heteroatoms. The van der Waals surface area contributed by atoms with Crippen LogP contribution in [0.1, 0.15) is 30.9 Å². The minimum Gasteiger partial charge on any atom is -0.326 e. The molecule has 0 amide bonds. The molecular formula is C12H20N2O2S. The molecule has 1 aromatic carbocycles. The zero-order valence-electron chi connectivity index (χ0n) is 10.1. The highest BCUT2D eigenvalue weighted by atomic mass is 32.2. The summed E-state index contributed by atoms with van der Waals surface area (Å²) >= 11 is 0. The predicted octanol–water partition coefficient (Wildman–Crippen LogP) is 1.36. The van der Waals surface area contributed by atoms with Gasteiger partial charge in [-0.1, -0.05) is 37.6 Å². The monoisotopic (exact) mass is 256 g/mol. The summed E-state index contributed by atoms with van der Waals surface area (Å²) in [5.74, 6) is 0.00406. The molecule has 0 heterocycles. The molecule has 0 saturated heterocycles. The molecule has 4 nitrogen and oxygen atoms in total. The summed E-state index contributed by atoms with van der Waals surface area (Å²) < 4.78 is 26.2. The van der Waals surface area contributed by atoms with Gasteiger partial charge < -0.3 is 5.73 Å². The zero-order chi connectivity index (χ0) is 12.7. The van der Waals surface area contributed by atoms with Gasteiger partial charge in [-0.2, -0.15) is 0 Å². The number of nitrogens with two attached hydrogens (primary N) is 1. The molecule has 0 aliphatic rings. The quantitative estimate of drug-likeness (QED) is 0.724. The van der Waals surface area contributed by atoms with Gasteiger partial charge in [0.25, 0.3) is 0 Å². The Hall–Kier alpha value is -0.910. The molecule has 1 rings (SSSR count). The van der Waals surface area contributed by atoms with Crippen LogP contribution in [-0.4, -0.2) is 15.0 Å². The molecule has 0 saturated carbocycles. The van der Waals surface area contributed by atoms with E-state index in [1.54, 1.807) is 6.07 Å². The lowest BCUT2D eigenvalue weighted by atomic mass is 10.1. The van der Waals surface area contributed by atoms with Gasteiger partial charge in [-0.25, -0.2) is 13.1 Å². The normalized spacial score (nSPS) is 11.6. The molecule has 0 fully saturated rings. The molecule has 0 aliphatic carbocycles. The van der Waals surface area contributed by atoms with Crippen molar-refractivity contribution in [2.45, 2.75) is 32.1 Å². The third-order valence-electron chi connectivity index (χ3n) is 2.54. The number of benzene rings is 1.